The maximum atomic E-state index is 5.74. The smallest absolute Gasteiger partial charge is 0.116 e. The van der Waals surface area contributed by atoms with Gasteiger partial charge in [-0.15, -0.1) is 0 Å². The lowest BCUT2D eigenvalue weighted by molar-refractivity contribution is -0.0992. The molecule has 0 aromatic rings. The summed E-state index contributed by atoms with van der Waals surface area (Å²) >= 11 is 0. The molecule has 0 saturated carbocycles. The zero-order valence-electron chi connectivity index (χ0n) is 7.27. The van der Waals surface area contributed by atoms with Crippen LogP contribution in [0.2, 0.25) is 0 Å². The van der Waals surface area contributed by atoms with Crippen LogP contribution >= 0.6 is 0 Å². The summed E-state index contributed by atoms with van der Waals surface area (Å²) in [5.41, 5.74) is -0.102. The molecule has 2 fully saturated rings. The first-order chi connectivity index (χ1) is 5.91. The Morgan fingerprint density at radius 3 is 2.50 bits per heavy atom. The molecule has 2 aliphatic rings. The van der Waals surface area contributed by atoms with Gasteiger partial charge in [-0.1, -0.05) is 0 Å². The summed E-state index contributed by atoms with van der Waals surface area (Å²) in [6.45, 7) is 6.01. The highest BCUT2D eigenvalue weighted by molar-refractivity contribution is 4.89. The monoisotopic (exact) mass is 172 g/mol. The quantitative estimate of drug-likeness (QED) is 0.490. The van der Waals surface area contributed by atoms with Gasteiger partial charge in [0.05, 0.1) is 19.8 Å². The van der Waals surface area contributed by atoms with Gasteiger partial charge in [0, 0.05) is 26.2 Å². The van der Waals surface area contributed by atoms with E-state index in [1.807, 2.05) is 0 Å². The third-order valence-corrected chi connectivity index (χ3v) is 2.37. The minimum Gasteiger partial charge on any atom is -0.377 e. The van der Waals surface area contributed by atoms with E-state index in [4.69, 9.17) is 9.47 Å². The van der Waals surface area contributed by atoms with Crippen molar-refractivity contribution in [2.45, 2.75) is 5.60 Å². The second-order valence-electron chi connectivity index (χ2n) is 3.44. The van der Waals surface area contributed by atoms with Crippen molar-refractivity contribution in [3.05, 3.63) is 0 Å². The molecule has 70 valence electrons. The molecule has 1 atom stereocenters. The van der Waals surface area contributed by atoms with E-state index in [0.717, 1.165) is 39.4 Å². The number of hydrogen-bond acceptors (Lipinski definition) is 4. The third kappa shape index (κ3) is 1.77. The molecule has 0 amide bonds. The number of ether oxygens (including phenoxy) is 2. The van der Waals surface area contributed by atoms with Gasteiger partial charge in [0.15, 0.2) is 0 Å². The first kappa shape index (κ1) is 8.44. The standard InChI is InChI=1S/C8H16N2O2/c1-3-11-7-8(5-9-1)6-10-2-4-12-8/h9-10H,1-7H2. The minimum atomic E-state index is -0.102. The lowest BCUT2D eigenvalue weighted by atomic mass is 10.0. The van der Waals surface area contributed by atoms with Crippen LogP contribution in [0, 0.1) is 0 Å². The summed E-state index contributed by atoms with van der Waals surface area (Å²) in [7, 11) is 0. The predicted octanol–water partition coefficient (Wildman–Crippen LogP) is -1.04. The van der Waals surface area contributed by atoms with Crippen LogP contribution < -0.4 is 10.6 Å². The van der Waals surface area contributed by atoms with Crippen LogP contribution in [0.25, 0.3) is 0 Å². The Morgan fingerprint density at radius 2 is 1.75 bits per heavy atom. The Morgan fingerprint density at radius 1 is 1.00 bits per heavy atom. The van der Waals surface area contributed by atoms with Crippen LogP contribution in [0.4, 0.5) is 0 Å². The van der Waals surface area contributed by atoms with E-state index in [0.29, 0.717) is 6.61 Å². The highest BCUT2D eigenvalue weighted by Gasteiger charge is 2.34. The fraction of sp³-hybridized carbons (Fsp3) is 1.00. The van der Waals surface area contributed by atoms with Crippen LogP contribution in [-0.4, -0.2) is 51.6 Å². The Kier molecular flexibility index (Phi) is 2.60. The topological polar surface area (TPSA) is 42.5 Å². The van der Waals surface area contributed by atoms with Gasteiger partial charge in [0.2, 0.25) is 0 Å². The van der Waals surface area contributed by atoms with Gasteiger partial charge in [-0.3, -0.25) is 0 Å². The SMILES string of the molecule is C1COCC2(CN1)CNCCO2. The Labute approximate surface area is 72.6 Å². The molecule has 2 N–H and O–H groups in total. The number of rotatable bonds is 0. The molecule has 0 aromatic carbocycles. The maximum Gasteiger partial charge on any atom is 0.116 e. The van der Waals surface area contributed by atoms with E-state index in [1.165, 1.54) is 0 Å². The van der Waals surface area contributed by atoms with Gasteiger partial charge in [-0.2, -0.15) is 0 Å². The second-order valence-corrected chi connectivity index (χ2v) is 3.44. The normalized spacial score (nSPS) is 38.0. The van der Waals surface area contributed by atoms with Crippen molar-refractivity contribution in [2.75, 3.05) is 46.0 Å². The minimum absolute atomic E-state index is 0.102. The molecular formula is C8H16N2O2. The molecule has 12 heavy (non-hydrogen) atoms. The first-order valence-electron chi connectivity index (χ1n) is 4.55. The van der Waals surface area contributed by atoms with Gasteiger partial charge < -0.3 is 20.1 Å². The molecule has 2 saturated heterocycles. The molecule has 4 heteroatoms. The highest BCUT2D eigenvalue weighted by Crippen LogP contribution is 2.14. The predicted molar refractivity (Wildman–Crippen MR) is 45.2 cm³/mol. The summed E-state index contributed by atoms with van der Waals surface area (Å²) < 4.78 is 11.2. The van der Waals surface area contributed by atoms with Crippen LogP contribution in [0.15, 0.2) is 0 Å². The van der Waals surface area contributed by atoms with Gasteiger partial charge in [0.25, 0.3) is 0 Å². The summed E-state index contributed by atoms with van der Waals surface area (Å²) in [6.07, 6.45) is 0. The van der Waals surface area contributed by atoms with E-state index in [-0.39, 0.29) is 5.60 Å². The average molecular weight is 172 g/mol. The van der Waals surface area contributed by atoms with Crippen molar-refractivity contribution >= 4 is 0 Å². The number of nitrogens with one attached hydrogen (secondary N) is 2. The van der Waals surface area contributed by atoms with Gasteiger partial charge in [-0.25, -0.2) is 0 Å². The zero-order valence-corrected chi connectivity index (χ0v) is 7.27. The largest absolute Gasteiger partial charge is 0.377 e. The summed E-state index contributed by atoms with van der Waals surface area (Å²) in [6, 6.07) is 0. The summed E-state index contributed by atoms with van der Waals surface area (Å²) in [4.78, 5) is 0. The summed E-state index contributed by atoms with van der Waals surface area (Å²) in [5.74, 6) is 0. The lowest BCUT2D eigenvalue weighted by Gasteiger charge is -2.36. The molecule has 0 aromatic heterocycles. The van der Waals surface area contributed by atoms with Crippen LogP contribution in [0.5, 0.6) is 0 Å². The van der Waals surface area contributed by atoms with Crippen molar-refractivity contribution in [3.63, 3.8) is 0 Å². The molecule has 0 bridgehead atoms. The molecule has 2 aliphatic heterocycles. The maximum absolute atomic E-state index is 5.74. The molecule has 1 spiro atoms. The van der Waals surface area contributed by atoms with Crippen LogP contribution in [0.1, 0.15) is 0 Å². The molecular weight excluding hydrogens is 156 g/mol. The molecule has 2 heterocycles. The van der Waals surface area contributed by atoms with Crippen molar-refractivity contribution in [2.24, 2.45) is 0 Å². The summed E-state index contributed by atoms with van der Waals surface area (Å²) in [5, 5.41) is 6.65. The van der Waals surface area contributed by atoms with Crippen LogP contribution in [0.3, 0.4) is 0 Å². The fourth-order valence-electron chi connectivity index (χ4n) is 1.68. The van der Waals surface area contributed by atoms with Gasteiger partial charge in [0.1, 0.15) is 5.60 Å². The van der Waals surface area contributed by atoms with E-state index >= 15 is 0 Å². The van der Waals surface area contributed by atoms with Crippen molar-refractivity contribution in [1.29, 1.82) is 0 Å². The third-order valence-electron chi connectivity index (χ3n) is 2.37. The molecule has 2 rings (SSSR count). The Bertz CT molecular complexity index is 136. The molecule has 1 unspecified atom stereocenters. The van der Waals surface area contributed by atoms with E-state index in [2.05, 4.69) is 10.6 Å². The fourth-order valence-corrected chi connectivity index (χ4v) is 1.68. The Balaban J connectivity index is 1.95. The van der Waals surface area contributed by atoms with E-state index in [9.17, 15) is 0 Å². The molecule has 0 aliphatic carbocycles. The van der Waals surface area contributed by atoms with E-state index < -0.39 is 0 Å². The van der Waals surface area contributed by atoms with E-state index in [1.54, 1.807) is 0 Å². The lowest BCUT2D eigenvalue weighted by Crippen LogP contribution is -2.56. The average Bonchev–Trinajstić information content (AvgIpc) is 2.33. The number of morpholine rings is 1. The first-order valence-corrected chi connectivity index (χ1v) is 4.55. The zero-order chi connectivity index (χ0) is 8.28. The van der Waals surface area contributed by atoms with Crippen LogP contribution in [-0.2, 0) is 9.47 Å². The van der Waals surface area contributed by atoms with Gasteiger partial charge in [-0.05, 0) is 0 Å². The molecule has 4 nitrogen and oxygen atoms in total. The molecule has 0 radical (unpaired) electrons. The van der Waals surface area contributed by atoms with Crippen molar-refractivity contribution in [3.8, 4) is 0 Å². The highest BCUT2D eigenvalue weighted by atomic mass is 16.5. The van der Waals surface area contributed by atoms with Crippen molar-refractivity contribution in [1.82, 2.24) is 10.6 Å². The second kappa shape index (κ2) is 3.70. The van der Waals surface area contributed by atoms with Crippen molar-refractivity contribution < 1.29 is 9.47 Å². The van der Waals surface area contributed by atoms with Gasteiger partial charge >= 0.3 is 0 Å². The Hall–Kier alpha value is -0.160. The number of hydrogen-bond donors (Lipinski definition) is 2.